The van der Waals surface area contributed by atoms with Crippen LogP contribution in [0.25, 0.3) is 0 Å². The molecule has 1 heterocycles. The van der Waals surface area contributed by atoms with E-state index in [4.69, 9.17) is 9.47 Å². The van der Waals surface area contributed by atoms with Crippen LogP contribution in [0.5, 0.6) is 0 Å². The molecule has 8 heteroatoms. The van der Waals surface area contributed by atoms with Crippen molar-refractivity contribution in [3.63, 3.8) is 0 Å². The van der Waals surface area contributed by atoms with Gasteiger partial charge in [0.15, 0.2) is 9.84 Å². The summed E-state index contributed by atoms with van der Waals surface area (Å²) < 4.78 is 31.7. The van der Waals surface area contributed by atoms with Crippen molar-refractivity contribution < 1.29 is 27.5 Å². The first-order valence-corrected chi connectivity index (χ1v) is 8.65. The lowest BCUT2D eigenvalue weighted by atomic mass is 10.1. The lowest BCUT2D eigenvalue weighted by Gasteiger charge is -2.15. The average Bonchev–Trinajstić information content (AvgIpc) is 2.83. The number of carbonyl (C=O) groups excluding carboxylic acids is 2. The SMILES string of the molecule is CCCOC(=O)C1CCN(C(=O)OCCS(C)(=O)=O)C1. The molecule has 20 heavy (non-hydrogen) atoms. The summed E-state index contributed by atoms with van der Waals surface area (Å²) in [6, 6.07) is 0. The molecule has 1 atom stereocenters. The Kier molecular flexibility index (Phi) is 6.25. The highest BCUT2D eigenvalue weighted by Gasteiger charge is 2.32. The fourth-order valence-electron chi connectivity index (χ4n) is 1.81. The molecule has 1 saturated heterocycles. The highest BCUT2D eigenvalue weighted by Crippen LogP contribution is 2.18. The Morgan fingerprint density at radius 3 is 2.55 bits per heavy atom. The van der Waals surface area contributed by atoms with Crippen molar-refractivity contribution in [2.24, 2.45) is 5.92 Å². The van der Waals surface area contributed by atoms with Gasteiger partial charge in [-0.15, -0.1) is 0 Å². The maximum Gasteiger partial charge on any atom is 0.409 e. The van der Waals surface area contributed by atoms with E-state index in [0.29, 0.717) is 19.6 Å². The zero-order chi connectivity index (χ0) is 15.2. The number of rotatable bonds is 6. The van der Waals surface area contributed by atoms with E-state index in [9.17, 15) is 18.0 Å². The number of carbonyl (C=O) groups is 2. The van der Waals surface area contributed by atoms with Crippen LogP contribution in [0, 0.1) is 5.92 Å². The average molecular weight is 307 g/mol. The highest BCUT2D eigenvalue weighted by molar-refractivity contribution is 7.90. The molecule has 0 bridgehead atoms. The molecular formula is C12H21NO6S. The van der Waals surface area contributed by atoms with E-state index in [1.165, 1.54) is 4.90 Å². The van der Waals surface area contributed by atoms with Crippen LogP contribution in [0.2, 0.25) is 0 Å². The van der Waals surface area contributed by atoms with Crippen molar-refractivity contribution in [2.45, 2.75) is 19.8 Å². The largest absolute Gasteiger partial charge is 0.465 e. The molecule has 1 aliphatic heterocycles. The Hall–Kier alpha value is -1.31. The fraction of sp³-hybridized carbons (Fsp3) is 0.833. The summed E-state index contributed by atoms with van der Waals surface area (Å²) in [6.45, 7) is 2.81. The van der Waals surface area contributed by atoms with Gasteiger partial charge in [0.05, 0.1) is 18.3 Å². The van der Waals surface area contributed by atoms with E-state index in [0.717, 1.165) is 12.7 Å². The number of amides is 1. The normalized spacial score (nSPS) is 18.9. The molecule has 0 saturated carbocycles. The quantitative estimate of drug-likeness (QED) is 0.662. The predicted molar refractivity (Wildman–Crippen MR) is 72.0 cm³/mol. The van der Waals surface area contributed by atoms with Crippen LogP contribution in [0.1, 0.15) is 19.8 Å². The van der Waals surface area contributed by atoms with Crippen molar-refractivity contribution in [3.05, 3.63) is 0 Å². The number of nitrogens with zero attached hydrogens (tertiary/aromatic N) is 1. The van der Waals surface area contributed by atoms with Gasteiger partial charge in [0.25, 0.3) is 0 Å². The molecule has 1 unspecified atom stereocenters. The molecular weight excluding hydrogens is 286 g/mol. The zero-order valence-electron chi connectivity index (χ0n) is 11.8. The molecule has 0 radical (unpaired) electrons. The number of likely N-dealkylation sites (tertiary alicyclic amines) is 1. The summed E-state index contributed by atoms with van der Waals surface area (Å²) in [6.07, 6.45) is 1.80. The van der Waals surface area contributed by atoms with Crippen molar-refractivity contribution in [1.82, 2.24) is 4.90 Å². The first-order valence-electron chi connectivity index (χ1n) is 6.59. The van der Waals surface area contributed by atoms with Gasteiger partial charge in [-0.25, -0.2) is 13.2 Å². The van der Waals surface area contributed by atoms with Crippen LogP contribution >= 0.6 is 0 Å². The second kappa shape index (κ2) is 7.47. The van der Waals surface area contributed by atoms with Crippen LogP contribution in [-0.4, -0.2) is 63.7 Å². The molecule has 0 aromatic heterocycles. The van der Waals surface area contributed by atoms with Gasteiger partial charge >= 0.3 is 12.1 Å². The molecule has 1 rings (SSSR count). The first kappa shape index (κ1) is 16.7. The van der Waals surface area contributed by atoms with Crippen LogP contribution in [0.15, 0.2) is 0 Å². The number of sulfone groups is 1. The number of hydrogen-bond donors (Lipinski definition) is 0. The first-order chi connectivity index (χ1) is 9.33. The van der Waals surface area contributed by atoms with Gasteiger partial charge in [-0.05, 0) is 12.8 Å². The summed E-state index contributed by atoms with van der Waals surface area (Å²) in [7, 11) is -3.15. The predicted octanol–water partition coefficient (Wildman–Crippen LogP) is 0.443. The van der Waals surface area contributed by atoms with Crippen molar-refractivity contribution in [2.75, 3.05) is 38.3 Å². The van der Waals surface area contributed by atoms with Gasteiger partial charge in [0.2, 0.25) is 0 Å². The molecule has 116 valence electrons. The minimum absolute atomic E-state index is 0.168. The van der Waals surface area contributed by atoms with E-state index in [2.05, 4.69) is 0 Å². The van der Waals surface area contributed by atoms with Gasteiger partial charge in [-0.2, -0.15) is 0 Å². The smallest absolute Gasteiger partial charge is 0.409 e. The van der Waals surface area contributed by atoms with E-state index < -0.39 is 15.9 Å². The second-order valence-corrected chi connectivity index (χ2v) is 7.10. The van der Waals surface area contributed by atoms with Crippen LogP contribution in [0.3, 0.4) is 0 Å². The fourth-order valence-corrected chi connectivity index (χ4v) is 2.20. The molecule has 7 nitrogen and oxygen atoms in total. The van der Waals surface area contributed by atoms with E-state index in [1.807, 2.05) is 6.92 Å². The van der Waals surface area contributed by atoms with Crippen LogP contribution in [-0.2, 0) is 24.1 Å². The van der Waals surface area contributed by atoms with Gasteiger partial charge in [-0.1, -0.05) is 6.92 Å². The summed E-state index contributed by atoms with van der Waals surface area (Å²) in [5.41, 5.74) is 0. The molecule has 0 aromatic rings. The van der Waals surface area contributed by atoms with Crippen molar-refractivity contribution in [1.29, 1.82) is 0 Å². The Morgan fingerprint density at radius 2 is 1.95 bits per heavy atom. The summed E-state index contributed by atoms with van der Waals surface area (Å²) in [4.78, 5) is 24.7. The topological polar surface area (TPSA) is 90.0 Å². The lowest BCUT2D eigenvalue weighted by Crippen LogP contribution is -2.32. The lowest BCUT2D eigenvalue weighted by molar-refractivity contribution is -0.148. The Morgan fingerprint density at radius 1 is 1.25 bits per heavy atom. The monoisotopic (exact) mass is 307 g/mol. The number of esters is 1. The van der Waals surface area contributed by atoms with Gasteiger partial charge in [0.1, 0.15) is 6.61 Å². The maximum atomic E-state index is 11.7. The van der Waals surface area contributed by atoms with Crippen LogP contribution < -0.4 is 0 Å². The minimum atomic E-state index is -3.15. The van der Waals surface area contributed by atoms with Crippen molar-refractivity contribution in [3.8, 4) is 0 Å². The maximum absolute atomic E-state index is 11.7. The third-order valence-electron chi connectivity index (χ3n) is 2.91. The van der Waals surface area contributed by atoms with Gasteiger partial charge < -0.3 is 14.4 Å². The molecule has 0 N–H and O–H groups in total. The van der Waals surface area contributed by atoms with Gasteiger partial charge in [-0.3, -0.25) is 4.79 Å². The molecule has 1 aliphatic rings. The second-order valence-electron chi connectivity index (χ2n) is 4.84. The standard InChI is InChI=1S/C12H21NO6S/c1-3-6-18-11(14)10-4-5-13(9-10)12(15)19-7-8-20(2,16)17/h10H,3-9H2,1-2H3. The molecule has 1 fully saturated rings. The minimum Gasteiger partial charge on any atom is -0.465 e. The Balaban J connectivity index is 2.32. The summed E-state index contributed by atoms with van der Waals surface area (Å²) >= 11 is 0. The highest BCUT2D eigenvalue weighted by atomic mass is 32.2. The van der Waals surface area contributed by atoms with E-state index in [1.54, 1.807) is 0 Å². The number of hydrogen-bond acceptors (Lipinski definition) is 6. The molecule has 0 spiro atoms. The molecule has 1 amide bonds. The van der Waals surface area contributed by atoms with Gasteiger partial charge in [0, 0.05) is 19.3 Å². The third-order valence-corrected chi connectivity index (χ3v) is 3.82. The summed E-state index contributed by atoms with van der Waals surface area (Å²) in [5, 5.41) is 0. The zero-order valence-corrected chi connectivity index (χ0v) is 12.6. The third kappa shape index (κ3) is 5.77. The summed E-state index contributed by atoms with van der Waals surface area (Å²) in [5.74, 6) is -0.809. The van der Waals surface area contributed by atoms with Crippen LogP contribution in [0.4, 0.5) is 4.79 Å². The number of ether oxygens (including phenoxy) is 2. The van der Waals surface area contributed by atoms with E-state index in [-0.39, 0.29) is 30.8 Å². The van der Waals surface area contributed by atoms with E-state index >= 15 is 0 Å². The molecule has 0 aliphatic carbocycles. The Labute approximate surface area is 119 Å². The Bertz CT molecular complexity index is 447. The van der Waals surface area contributed by atoms with Crippen molar-refractivity contribution >= 4 is 21.9 Å². The molecule has 0 aromatic carbocycles.